The molecule has 146 valence electrons. The summed E-state index contributed by atoms with van der Waals surface area (Å²) >= 11 is 0. The van der Waals surface area contributed by atoms with Crippen molar-refractivity contribution in [1.29, 1.82) is 0 Å². The van der Waals surface area contributed by atoms with E-state index in [1.807, 2.05) is 12.1 Å². The maximum atomic E-state index is 13.5. The molecule has 1 heterocycles. The quantitative estimate of drug-likeness (QED) is 0.436. The second-order valence-electron chi connectivity index (χ2n) is 6.61. The third kappa shape index (κ3) is 3.74. The van der Waals surface area contributed by atoms with E-state index in [0.29, 0.717) is 11.1 Å². The number of anilines is 1. The van der Waals surface area contributed by atoms with E-state index in [9.17, 15) is 18.3 Å². The van der Waals surface area contributed by atoms with Crippen molar-refractivity contribution in [3.05, 3.63) is 102 Å². The number of phenolic OH excluding ortho intramolecular Hbond substituents is 1. The van der Waals surface area contributed by atoms with Gasteiger partial charge in [-0.25, -0.2) is 0 Å². The number of hydrogen-bond donors (Lipinski definition) is 2. The predicted octanol–water partition coefficient (Wildman–Crippen LogP) is 6.16. The molecule has 0 saturated heterocycles. The van der Waals surface area contributed by atoms with Crippen LogP contribution in [0.15, 0.2) is 85.1 Å². The van der Waals surface area contributed by atoms with Gasteiger partial charge in [0, 0.05) is 22.8 Å². The van der Waals surface area contributed by atoms with Crippen LogP contribution < -0.4 is 5.32 Å². The zero-order valence-corrected chi connectivity index (χ0v) is 15.2. The molecule has 1 aromatic heterocycles. The lowest BCUT2D eigenvalue weighted by molar-refractivity contribution is -0.137. The molecular formula is C23H17F3N2O. The Morgan fingerprint density at radius 3 is 2.31 bits per heavy atom. The van der Waals surface area contributed by atoms with Crippen LogP contribution in [-0.2, 0) is 6.18 Å². The second-order valence-corrected chi connectivity index (χ2v) is 6.61. The largest absolute Gasteiger partial charge is 0.505 e. The highest BCUT2D eigenvalue weighted by atomic mass is 19.4. The molecule has 4 aromatic rings. The zero-order chi connectivity index (χ0) is 20.4. The molecule has 3 nitrogen and oxygen atoms in total. The van der Waals surface area contributed by atoms with Gasteiger partial charge in [0.05, 0.1) is 11.6 Å². The predicted molar refractivity (Wildman–Crippen MR) is 107 cm³/mol. The Morgan fingerprint density at radius 2 is 1.55 bits per heavy atom. The number of aromatic nitrogens is 1. The van der Waals surface area contributed by atoms with Crippen molar-refractivity contribution in [3.8, 4) is 5.75 Å². The van der Waals surface area contributed by atoms with Gasteiger partial charge < -0.3 is 10.4 Å². The van der Waals surface area contributed by atoms with Gasteiger partial charge in [-0.3, -0.25) is 4.98 Å². The summed E-state index contributed by atoms with van der Waals surface area (Å²) in [5.74, 6) is -0.0612. The van der Waals surface area contributed by atoms with E-state index in [1.54, 1.807) is 54.7 Å². The Balaban J connectivity index is 1.86. The molecular weight excluding hydrogens is 377 g/mol. The highest BCUT2D eigenvalue weighted by Crippen LogP contribution is 2.40. The summed E-state index contributed by atoms with van der Waals surface area (Å²) in [6.07, 6.45) is -2.94. The Bertz CT molecular complexity index is 1140. The van der Waals surface area contributed by atoms with Crippen LogP contribution in [0.3, 0.4) is 0 Å². The highest BCUT2D eigenvalue weighted by molar-refractivity contribution is 5.86. The minimum Gasteiger partial charge on any atom is -0.505 e. The highest BCUT2D eigenvalue weighted by Gasteiger charge is 2.34. The molecule has 1 atom stereocenters. The number of alkyl halides is 3. The van der Waals surface area contributed by atoms with Crippen LogP contribution in [0, 0.1) is 0 Å². The fraction of sp³-hybridized carbons (Fsp3) is 0.0870. The van der Waals surface area contributed by atoms with Gasteiger partial charge in [-0.2, -0.15) is 13.2 Å². The van der Waals surface area contributed by atoms with Crippen molar-refractivity contribution in [3.63, 3.8) is 0 Å². The molecule has 0 radical (unpaired) electrons. The van der Waals surface area contributed by atoms with Gasteiger partial charge in [0.15, 0.2) is 0 Å². The molecule has 6 heteroatoms. The summed E-state index contributed by atoms with van der Waals surface area (Å²) in [6.45, 7) is 0. The topological polar surface area (TPSA) is 45.1 Å². The van der Waals surface area contributed by atoms with Crippen LogP contribution in [0.25, 0.3) is 10.9 Å². The van der Waals surface area contributed by atoms with E-state index >= 15 is 0 Å². The van der Waals surface area contributed by atoms with Crippen molar-refractivity contribution >= 4 is 16.6 Å². The first kappa shape index (κ1) is 18.8. The number of nitrogens with one attached hydrogen (secondary N) is 1. The minimum atomic E-state index is -4.50. The summed E-state index contributed by atoms with van der Waals surface area (Å²) in [6, 6.07) is 20.7. The number of hydrogen-bond acceptors (Lipinski definition) is 3. The maximum Gasteiger partial charge on any atom is 0.418 e. The molecule has 0 saturated carbocycles. The lowest BCUT2D eigenvalue weighted by Crippen LogP contribution is -2.16. The normalized spacial score (nSPS) is 12.7. The number of para-hydroxylation sites is 1. The van der Waals surface area contributed by atoms with Gasteiger partial charge in [-0.05, 0) is 23.8 Å². The minimum absolute atomic E-state index is 0.0608. The van der Waals surface area contributed by atoms with Gasteiger partial charge in [-0.1, -0.05) is 60.7 Å². The van der Waals surface area contributed by atoms with Gasteiger partial charge in [0.2, 0.25) is 0 Å². The molecule has 0 aliphatic rings. The van der Waals surface area contributed by atoms with Crippen molar-refractivity contribution in [2.75, 3.05) is 5.32 Å². The molecule has 2 N–H and O–H groups in total. The number of rotatable bonds is 4. The molecule has 0 aliphatic carbocycles. The number of pyridine rings is 1. The smallest absolute Gasteiger partial charge is 0.418 e. The summed E-state index contributed by atoms with van der Waals surface area (Å²) in [7, 11) is 0. The van der Waals surface area contributed by atoms with E-state index < -0.39 is 17.8 Å². The van der Waals surface area contributed by atoms with Crippen molar-refractivity contribution in [2.24, 2.45) is 0 Å². The second kappa shape index (κ2) is 7.47. The lowest BCUT2D eigenvalue weighted by Gasteiger charge is -2.24. The van der Waals surface area contributed by atoms with E-state index in [4.69, 9.17) is 0 Å². The van der Waals surface area contributed by atoms with Gasteiger partial charge >= 0.3 is 6.18 Å². The van der Waals surface area contributed by atoms with Gasteiger partial charge in [0.1, 0.15) is 11.3 Å². The van der Waals surface area contributed by atoms with Crippen LogP contribution in [0.1, 0.15) is 22.7 Å². The average molecular weight is 394 g/mol. The maximum absolute atomic E-state index is 13.5. The monoisotopic (exact) mass is 394 g/mol. The van der Waals surface area contributed by atoms with Crippen LogP contribution in [0.5, 0.6) is 5.75 Å². The molecule has 0 fully saturated rings. The first-order chi connectivity index (χ1) is 13.9. The fourth-order valence-corrected chi connectivity index (χ4v) is 3.38. The van der Waals surface area contributed by atoms with E-state index in [-0.39, 0.29) is 11.4 Å². The number of nitrogens with zero attached hydrogens (tertiary/aromatic N) is 1. The summed E-state index contributed by atoms with van der Waals surface area (Å²) in [5.41, 5.74) is 0.736. The van der Waals surface area contributed by atoms with Crippen LogP contribution in [0.2, 0.25) is 0 Å². The molecule has 0 aliphatic heterocycles. The average Bonchev–Trinajstić information content (AvgIpc) is 2.73. The standard InChI is InChI=1S/C23H17F3N2O/c24-23(25,26)18-10-4-5-11-19(18)28-20(15-7-2-1-3-8-15)17-13-12-16-9-6-14-27-21(16)22(17)29/h1-14,20,28-29H. The third-order valence-electron chi connectivity index (χ3n) is 4.76. The summed E-state index contributed by atoms with van der Waals surface area (Å²) < 4.78 is 40.5. The van der Waals surface area contributed by atoms with E-state index in [2.05, 4.69) is 10.3 Å². The molecule has 0 spiro atoms. The Labute approximate surface area is 165 Å². The molecule has 4 rings (SSSR count). The first-order valence-electron chi connectivity index (χ1n) is 8.99. The molecule has 0 amide bonds. The number of halogens is 3. The van der Waals surface area contributed by atoms with Crippen molar-refractivity contribution < 1.29 is 18.3 Å². The number of aromatic hydroxyl groups is 1. The SMILES string of the molecule is Oc1c(C(Nc2ccccc2C(F)(F)F)c2ccccc2)ccc2cccnc12. The molecule has 0 bridgehead atoms. The Morgan fingerprint density at radius 1 is 0.828 bits per heavy atom. The number of benzene rings is 3. The van der Waals surface area contributed by atoms with Crippen molar-refractivity contribution in [2.45, 2.75) is 12.2 Å². The molecule has 1 unspecified atom stereocenters. The molecule has 3 aromatic carbocycles. The number of fused-ring (bicyclic) bond motifs is 1. The fourth-order valence-electron chi connectivity index (χ4n) is 3.38. The number of phenols is 1. The lowest BCUT2D eigenvalue weighted by atomic mass is 9.95. The van der Waals surface area contributed by atoms with Crippen LogP contribution >= 0.6 is 0 Å². The van der Waals surface area contributed by atoms with Gasteiger partial charge in [0.25, 0.3) is 0 Å². The van der Waals surface area contributed by atoms with Crippen LogP contribution in [0.4, 0.5) is 18.9 Å². The first-order valence-corrected chi connectivity index (χ1v) is 8.99. The summed E-state index contributed by atoms with van der Waals surface area (Å²) in [5, 5.41) is 14.6. The third-order valence-corrected chi connectivity index (χ3v) is 4.76. The van der Waals surface area contributed by atoms with E-state index in [1.165, 1.54) is 12.1 Å². The van der Waals surface area contributed by atoms with Crippen molar-refractivity contribution in [1.82, 2.24) is 4.98 Å². The van der Waals surface area contributed by atoms with Crippen LogP contribution in [-0.4, -0.2) is 10.1 Å². The van der Waals surface area contributed by atoms with E-state index in [0.717, 1.165) is 17.0 Å². The zero-order valence-electron chi connectivity index (χ0n) is 15.2. The molecule has 29 heavy (non-hydrogen) atoms. The Hall–Kier alpha value is -3.54. The van der Waals surface area contributed by atoms with Gasteiger partial charge in [-0.15, -0.1) is 0 Å². The summed E-state index contributed by atoms with van der Waals surface area (Å²) in [4.78, 5) is 4.22. The Kier molecular flexibility index (Phi) is 4.84.